The van der Waals surface area contributed by atoms with Crippen molar-refractivity contribution < 1.29 is 44.4 Å². The van der Waals surface area contributed by atoms with E-state index in [1.807, 2.05) is 0 Å². The maximum Gasteiger partial charge on any atom is 0.307 e. The number of nitro groups is 1. The molecule has 0 aromatic heterocycles. The van der Waals surface area contributed by atoms with Crippen molar-refractivity contribution in [3.8, 4) is 0 Å². The smallest absolute Gasteiger partial charge is 0.307 e. The van der Waals surface area contributed by atoms with Gasteiger partial charge in [0.1, 0.15) is 0 Å². The summed E-state index contributed by atoms with van der Waals surface area (Å²) in [6, 6.07) is -0.679. The zero-order chi connectivity index (χ0) is 29.4. The third-order valence-electron chi connectivity index (χ3n) is 9.80. The van der Waals surface area contributed by atoms with E-state index < -0.39 is 28.8 Å². The number of rotatable bonds is 12. The quantitative estimate of drug-likeness (QED) is 0.129. The Morgan fingerprint density at radius 3 is 2.07 bits per heavy atom. The van der Waals surface area contributed by atoms with Gasteiger partial charge in [-0.2, -0.15) is 5.48 Å². The molecule has 4 rings (SSSR count). The first-order valence-corrected chi connectivity index (χ1v) is 15.4. The first-order valence-electron chi connectivity index (χ1n) is 15.4. The molecule has 13 heteroatoms. The minimum Gasteiger partial charge on any atom is -0.481 e. The zero-order valence-corrected chi connectivity index (χ0v) is 23.7. The van der Waals surface area contributed by atoms with Crippen LogP contribution in [0.3, 0.4) is 0 Å². The molecular weight excluding hydrogens is 538 g/mol. The van der Waals surface area contributed by atoms with Crippen LogP contribution in [0.1, 0.15) is 89.9 Å². The molecule has 1 amide bonds. The summed E-state index contributed by atoms with van der Waals surface area (Å²) < 4.78 is 6.39. The summed E-state index contributed by atoms with van der Waals surface area (Å²) in [4.78, 5) is 45.6. The van der Waals surface area contributed by atoms with Crippen molar-refractivity contribution in [2.24, 2.45) is 23.7 Å². The van der Waals surface area contributed by atoms with Crippen LogP contribution in [0, 0.1) is 33.8 Å². The molecule has 0 saturated heterocycles. The summed E-state index contributed by atoms with van der Waals surface area (Å²) in [5, 5.41) is 42.5. The number of hydrogen-bond acceptors (Lipinski definition) is 10. The molecule has 0 bridgehead atoms. The van der Waals surface area contributed by atoms with E-state index in [4.69, 9.17) is 14.8 Å². The molecule has 0 heterocycles. The Morgan fingerprint density at radius 2 is 1.46 bits per heavy atom. The highest BCUT2D eigenvalue weighted by molar-refractivity contribution is 5.85. The number of nitrogens with one attached hydrogen (secondary N) is 2. The number of hydrogen-bond donors (Lipinski definition) is 5. The Labute approximate surface area is 240 Å². The lowest BCUT2D eigenvalue weighted by Crippen LogP contribution is -2.48. The Morgan fingerprint density at radius 1 is 0.805 bits per heavy atom. The first kappa shape index (κ1) is 32.0. The van der Waals surface area contributed by atoms with Crippen LogP contribution in [0.15, 0.2) is 0 Å². The number of aliphatic hydroxyl groups is 1. The summed E-state index contributed by atoms with van der Waals surface area (Å²) in [6.07, 6.45) is 9.34. The summed E-state index contributed by atoms with van der Waals surface area (Å²) in [5.74, 6) is -2.87. The number of ether oxygens (including phenoxy) is 1. The van der Waals surface area contributed by atoms with Crippen molar-refractivity contribution in [1.29, 1.82) is 0 Å². The molecule has 4 saturated carbocycles. The van der Waals surface area contributed by atoms with E-state index in [-0.39, 0.29) is 74.0 Å². The number of carboxylic acid groups (broad SMARTS) is 1. The zero-order valence-electron chi connectivity index (χ0n) is 23.7. The number of aliphatic carboxylic acids is 1. The summed E-state index contributed by atoms with van der Waals surface area (Å²) in [6.45, 7) is 0.725. The van der Waals surface area contributed by atoms with Crippen LogP contribution < -0.4 is 10.8 Å². The average molecular weight is 586 g/mol. The van der Waals surface area contributed by atoms with E-state index in [1.165, 1.54) is 0 Å². The highest BCUT2D eigenvalue weighted by Crippen LogP contribution is 2.34. The van der Waals surface area contributed by atoms with E-state index in [9.17, 15) is 29.9 Å². The Balaban J connectivity index is 1.11. The fourth-order valence-electron chi connectivity index (χ4n) is 7.26. The molecule has 0 radical (unpaired) electrons. The number of carboxylic acids is 1. The maximum atomic E-state index is 12.9. The van der Waals surface area contributed by atoms with Gasteiger partial charge in [-0.05, 0) is 88.9 Å². The van der Waals surface area contributed by atoms with Crippen LogP contribution in [-0.2, 0) is 24.1 Å². The van der Waals surface area contributed by atoms with Gasteiger partial charge >= 0.3 is 5.97 Å². The molecule has 4 aliphatic carbocycles. The highest BCUT2D eigenvalue weighted by atomic mass is 17.1. The minimum atomic E-state index is -1.06. The van der Waals surface area contributed by atoms with Crippen LogP contribution >= 0.6 is 0 Å². The molecule has 0 aromatic rings. The van der Waals surface area contributed by atoms with Gasteiger partial charge in [0, 0.05) is 29.8 Å². The number of carbonyl (C=O) groups is 2. The van der Waals surface area contributed by atoms with E-state index in [1.54, 1.807) is 0 Å². The minimum absolute atomic E-state index is 0.0270. The molecule has 5 N–H and O–H groups in total. The molecular formula is C28H47N3O10. The molecule has 0 spiro atoms. The second-order valence-corrected chi connectivity index (χ2v) is 12.6. The van der Waals surface area contributed by atoms with Crippen LogP contribution in [-0.4, -0.2) is 81.9 Å². The lowest BCUT2D eigenvalue weighted by atomic mass is 9.76. The van der Waals surface area contributed by atoms with Crippen LogP contribution in [0.2, 0.25) is 0 Å². The number of carbonyl (C=O) groups excluding carboxylic acids is 1. The molecule has 41 heavy (non-hydrogen) atoms. The second kappa shape index (κ2) is 15.5. The summed E-state index contributed by atoms with van der Waals surface area (Å²) in [7, 11) is 0. The van der Waals surface area contributed by atoms with E-state index in [0.717, 1.165) is 64.2 Å². The van der Waals surface area contributed by atoms with Gasteiger partial charge < -0.3 is 25.1 Å². The summed E-state index contributed by atoms with van der Waals surface area (Å²) >= 11 is 0. The van der Waals surface area contributed by atoms with E-state index in [0.29, 0.717) is 13.0 Å². The third kappa shape index (κ3) is 9.29. The van der Waals surface area contributed by atoms with Crippen molar-refractivity contribution in [2.45, 2.75) is 126 Å². The van der Waals surface area contributed by atoms with Crippen molar-refractivity contribution in [3.63, 3.8) is 0 Å². The Hall–Kier alpha value is -1.90. The van der Waals surface area contributed by atoms with Crippen molar-refractivity contribution in [1.82, 2.24) is 10.8 Å². The van der Waals surface area contributed by atoms with Crippen molar-refractivity contribution in [2.75, 3.05) is 13.2 Å². The van der Waals surface area contributed by atoms with Gasteiger partial charge in [-0.25, -0.2) is 4.89 Å². The number of aliphatic hydroxyl groups excluding tert-OH is 1. The maximum absolute atomic E-state index is 12.9. The van der Waals surface area contributed by atoms with Gasteiger partial charge in [0.2, 0.25) is 11.9 Å². The van der Waals surface area contributed by atoms with Gasteiger partial charge in [-0.15, -0.1) is 0 Å². The number of nitrogens with zero attached hydrogens (tertiary/aromatic N) is 1. The normalized spacial score (nSPS) is 38.2. The number of hydroxylamine groups is 1. The molecule has 0 aromatic carbocycles. The van der Waals surface area contributed by atoms with Gasteiger partial charge in [0.15, 0.2) is 0 Å². The lowest BCUT2D eigenvalue weighted by molar-refractivity contribution is -0.528. The molecule has 13 nitrogen and oxygen atoms in total. The molecule has 4 fully saturated rings. The molecule has 4 aliphatic rings. The molecule has 6 atom stereocenters. The third-order valence-corrected chi connectivity index (χ3v) is 9.80. The molecule has 6 unspecified atom stereocenters. The molecule has 0 aliphatic heterocycles. The van der Waals surface area contributed by atoms with Crippen molar-refractivity contribution in [3.05, 3.63) is 10.1 Å². The Kier molecular flexibility index (Phi) is 12.1. The average Bonchev–Trinajstić information content (AvgIpc) is 2.96. The molecule has 234 valence electrons. The van der Waals surface area contributed by atoms with Crippen LogP contribution in [0.5, 0.6) is 0 Å². The van der Waals surface area contributed by atoms with Gasteiger partial charge in [-0.3, -0.25) is 25.0 Å². The largest absolute Gasteiger partial charge is 0.481 e. The monoisotopic (exact) mass is 585 g/mol. The van der Waals surface area contributed by atoms with E-state index in [2.05, 4.69) is 15.7 Å². The fourth-order valence-corrected chi connectivity index (χ4v) is 7.26. The number of amides is 1. The standard InChI is InChI=1S/C28H47N3O10/c32-22-7-1-17(18(13-22)16-40-38)15-39-30-20-4-10-24(11-5-20)41-23-8-2-19(3-9-23)29-27(33)26-14-21(31(36)37)6-12-25(26)28(34)35/h17-26,30,32,38H,1-16H2,(H,29,33)(H,34,35). The predicted octanol–water partition coefficient (Wildman–Crippen LogP) is 2.68. The highest BCUT2D eigenvalue weighted by Gasteiger charge is 2.44. The van der Waals surface area contributed by atoms with Crippen LogP contribution in [0.4, 0.5) is 0 Å². The topological polar surface area (TPSA) is 190 Å². The van der Waals surface area contributed by atoms with E-state index >= 15 is 0 Å². The fraction of sp³-hybridized carbons (Fsp3) is 0.929. The predicted molar refractivity (Wildman–Crippen MR) is 145 cm³/mol. The Bertz CT molecular complexity index is 862. The van der Waals surface area contributed by atoms with Gasteiger partial charge in [0.05, 0.1) is 43.4 Å². The van der Waals surface area contributed by atoms with Gasteiger partial charge in [0.25, 0.3) is 0 Å². The summed E-state index contributed by atoms with van der Waals surface area (Å²) in [5.41, 5.74) is 3.20. The second-order valence-electron chi connectivity index (χ2n) is 12.6. The van der Waals surface area contributed by atoms with Crippen molar-refractivity contribution >= 4 is 11.9 Å². The SMILES string of the molecule is O=C(O)C1CCC([N+](=O)[O-])CC1C(=O)NC1CCC(OC2CCC(NOCC3CCC(O)CC3COO)CC2)CC1. The first-order chi connectivity index (χ1) is 19.7. The van der Waals surface area contributed by atoms with Gasteiger partial charge in [-0.1, -0.05) is 0 Å². The lowest BCUT2D eigenvalue weighted by Gasteiger charge is -2.36. The van der Waals surface area contributed by atoms with Crippen LogP contribution in [0.25, 0.3) is 0 Å².